The van der Waals surface area contributed by atoms with Gasteiger partial charge in [0.1, 0.15) is 23.7 Å². The average Bonchev–Trinajstić information content (AvgIpc) is 3.02. The minimum absolute atomic E-state index is 0.261. The molecule has 0 saturated carbocycles. The van der Waals surface area contributed by atoms with E-state index in [0.29, 0.717) is 11.5 Å². The van der Waals surface area contributed by atoms with Crippen LogP contribution in [-0.2, 0) is 0 Å². The van der Waals surface area contributed by atoms with Crippen molar-refractivity contribution in [2.75, 3.05) is 23.3 Å². The summed E-state index contributed by atoms with van der Waals surface area (Å²) in [4.78, 5) is 10.5. The number of aromatic nitrogens is 2. The van der Waals surface area contributed by atoms with Crippen molar-refractivity contribution in [2.24, 2.45) is 0 Å². The number of halogens is 3. The quantitative estimate of drug-likeness (QED) is 0.929. The van der Waals surface area contributed by atoms with Crippen LogP contribution >= 0.6 is 0 Å². The summed E-state index contributed by atoms with van der Waals surface area (Å²) in [6.45, 7) is 1.94. The van der Waals surface area contributed by atoms with Crippen LogP contribution in [0.2, 0.25) is 0 Å². The van der Waals surface area contributed by atoms with E-state index >= 15 is 0 Å². The van der Waals surface area contributed by atoms with Crippen molar-refractivity contribution >= 4 is 17.3 Å². The van der Waals surface area contributed by atoms with E-state index in [1.807, 2.05) is 6.07 Å². The van der Waals surface area contributed by atoms with Crippen molar-refractivity contribution < 1.29 is 17.9 Å². The molecule has 1 aromatic heterocycles. The minimum atomic E-state index is -4.69. The van der Waals surface area contributed by atoms with E-state index in [9.17, 15) is 13.2 Å². The first-order chi connectivity index (χ1) is 11.0. The van der Waals surface area contributed by atoms with Crippen molar-refractivity contribution in [3.63, 3.8) is 0 Å². The number of anilines is 3. The van der Waals surface area contributed by atoms with Gasteiger partial charge in [-0.05, 0) is 37.1 Å². The Balaban J connectivity index is 1.68. The van der Waals surface area contributed by atoms with E-state index < -0.39 is 6.36 Å². The molecule has 0 radical (unpaired) electrons. The molecular formula is C15H15F3N4O. The Hall–Kier alpha value is -2.51. The first-order valence-electron chi connectivity index (χ1n) is 7.19. The Bertz CT molecular complexity index is 655. The summed E-state index contributed by atoms with van der Waals surface area (Å²) in [5.41, 5.74) is 0.616. The Labute approximate surface area is 131 Å². The standard InChI is InChI=1S/C15H15F3N4O/c16-15(17,18)23-12-5-3-11(4-6-12)21-13-9-14(20-10-19-13)22-7-1-2-8-22/h3-6,9-10H,1-2,7-8H2,(H,19,20,21). The first kappa shape index (κ1) is 15.4. The maximum absolute atomic E-state index is 12.1. The molecular weight excluding hydrogens is 309 g/mol. The molecule has 5 nitrogen and oxygen atoms in total. The molecule has 8 heteroatoms. The molecule has 122 valence electrons. The molecule has 1 aliphatic rings. The second-order valence-corrected chi connectivity index (χ2v) is 5.15. The number of ether oxygens (including phenoxy) is 1. The van der Waals surface area contributed by atoms with Crippen LogP contribution in [0.1, 0.15) is 12.8 Å². The van der Waals surface area contributed by atoms with Gasteiger partial charge in [0.05, 0.1) is 0 Å². The number of rotatable bonds is 4. The molecule has 23 heavy (non-hydrogen) atoms. The molecule has 0 unspecified atom stereocenters. The van der Waals surface area contributed by atoms with Gasteiger partial charge >= 0.3 is 6.36 Å². The Morgan fingerprint density at radius 3 is 2.39 bits per heavy atom. The van der Waals surface area contributed by atoms with Crippen LogP contribution in [0.5, 0.6) is 5.75 Å². The highest BCUT2D eigenvalue weighted by Crippen LogP contribution is 2.26. The molecule has 0 amide bonds. The van der Waals surface area contributed by atoms with Gasteiger partial charge in [0.25, 0.3) is 0 Å². The zero-order valence-electron chi connectivity index (χ0n) is 12.2. The molecule has 0 atom stereocenters. The molecule has 2 aromatic rings. The van der Waals surface area contributed by atoms with Gasteiger partial charge in [0.15, 0.2) is 0 Å². The third-order valence-electron chi connectivity index (χ3n) is 3.44. The summed E-state index contributed by atoms with van der Waals surface area (Å²) in [5.74, 6) is 1.17. The van der Waals surface area contributed by atoms with E-state index in [-0.39, 0.29) is 5.75 Å². The summed E-state index contributed by atoms with van der Waals surface area (Å²) < 4.78 is 40.2. The maximum Gasteiger partial charge on any atom is 0.573 e. The fourth-order valence-corrected chi connectivity index (χ4v) is 2.42. The number of alkyl halides is 3. The first-order valence-corrected chi connectivity index (χ1v) is 7.19. The van der Waals surface area contributed by atoms with Crippen LogP contribution in [0.25, 0.3) is 0 Å². The molecule has 1 fully saturated rings. The lowest BCUT2D eigenvalue weighted by Crippen LogP contribution is -2.19. The second kappa shape index (κ2) is 6.31. The zero-order valence-corrected chi connectivity index (χ0v) is 12.2. The normalized spacial score (nSPS) is 14.8. The number of nitrogens with one attached hydrogen (secondary N) is 1. The van der Waals surface area contributed by atoms with E-state index in [1.54, 1.807) is 0 Å². The van der Waals surface area contributed by atoms with Crippen molar-refractivity contribution in [2.45, 2.75) is 19.2 Å². The molecule has 1 aromatic carbocycles. The van der Waals surface area contributed by atoms with Gasteiger partial charge in [-0.15, -0.1) is 13.2 Å². The third-order valence-corrected chi connectivity index (χ3v) is 3.44. The minimum Gasteiger partial charge on any atom is -0.406 e. The molecule has 0 bridgehead atoms. The highest BCUT2D eigenvalue weighted by Gasteiger charge is 2.30. The van der Waals surface area contributed by atoms with Crippen molar-refractivity contribution in [1.29, 1.82) is 0 Å². The zero-order chi connectivity index (χ0) is 16.3. The number of benzene rings is 1. The second-order valence-electron chi connectivity index (χ2n) is 5.15. The van der Waals surface area contributed by atoms with Gasteiger partial charge in [-0.3, -0.25) is 0 Å². The van der Waals surface area contributed by atoms with Crippen LogP contribution in [0, 0.1) is 0 Å². The molecule has 3 rings (SSSR count). The van der Waals surface area contributed by atoms with Crippen LogP contribution in [-0.4, -0.2) is 29.4 Å². The topological polar surface area (TPSA) is 50.3 Å². The molecule has 1 aliphatic heterocycles. The number of hydrogen-bond acceptors (Lipinski definition) is 5. The lowest BCUT2D eigenvalue weighted by atomic mass is 10.3. The molecule has 0 spiro atoms. The third kappa shape index (κ3) is 4.24. The van der Waals surface area contributed by atoms with Crippen molar-refractivity contribution in [3.8, 4) is 5.75 Å². The van der Waals surface area contributed by atoms with E-state index in [0.717, 1.165) is 31.7 Å². The Morgan fingerprint density at radius 2 is 1.74 bits per heavy atom. The highest BCUT2D eigenvalue weighted by molar-refractivity contribution is 5.60. The fraction of sp³-hybridized carbons (Fsp3) is 0.333. The largest absolute Gasteiger partial charge is 0.573 e. The van der Waals surface area contributed by atoms with Crippen molar-refractivity contribution in [3.05, 3.63) is 36.7 Å². The van der Waals surface area contributed by atoms with Gasteiger partial charge in [0.2, 0.25) is 0 Å². The van der Waals surface area contributed by atoms with Crippen LogP contribution < -0.4 is 15.0 Å². The summed E-state index contributed by atoms with van der Waals surface area (Å²) in [7, 11) is 0. The predicted octanol–water partition coefficient (Wildman–Crippen LogP) is 3.72. The maximum atomic E-state index is 12.1. The van der Waals surface area contributed by atoms with E-state index in [4.69, 9.17) is 0 Å². The average molecular weight is 324 g/mol. The monoisotopic (exact) mass is 324 g/mol. The van der Waals surface area contributed by atoms with E-state index in [2.05, 4.69) is 24.9 Å². The molecule has 0 aliphatic carbocycles. The summed E-state index contributed by atoms with van der Waals surface area (Å²) in [5, 5.41) is 3.04. The fourth-order valence-electron chi connectivity index (χ4n) is 2.42. The van der Waals surface area contributed by atoms with Gasteiger partial charge in [-0.25, -0.2) is 9.97 Å². The molecule has 1 N–H and O–H groups in total. The van der Waals surface area contributed by atoms with Gasteiger partial charge < -0.3 is 15.0 Å². The van der Waals surface area contributed by atoms with Crippen LogP contribution in [0.4, 0.5) is 30.5 Å². The molecule has 2 heterocycles. The van der Waals surface area contributed by atoms with E-state index in [1.165, 1.54) is 30.6 Å². The summed E-state index contributed by atoms with van der Waals surface area (Å²) in [6.07, 6.45) is -0.926. The van der Waals surface area contributed by atoms with Gasteiger partial charge in [-0.2, -0.15) is 0 Å². The molecule has 1 saturated heterocycles. The Morgan fingerprint density at radius 1 is 1.04 bits per heavy atom. The lowest BCUT2D eigenvalue weighted by molar-refractivity contribution is -0.274. The SMILES string of the molecule is FC(F)(F)Oc1ccc(Nc2cc(N3CCCC3)ncn2)cc1. The van der Waals surface area contributed by atoms with Crippen LogP contribution in [0.15, 0.2) is 36.7 Å². The van der Waals surface area contributed by atoms with Gasteiger partial charge in [0, 0.05) is 24.8 Å². The lowest BCUT2D eigenvalue weighted by Gasteiger charge is -2.16. The highest BCUT2D eigenvalue weighted by atomic mass is 19.4. The predicted molar refractivity (Wildman–Crippen MR) is 79.9 cm³/mol. The number of nitrogens with zero attached hydrogens (tertiary/aromatic N) is 3. The smallest absolute Gasteiger partial charge is 0.406 e. The van der Waals surface area contributed by atoms with Crippen molar-refractivity contribution in [1.82, 2.24) is 9.97 Å². The summed E-state index contributed by atoms with van der Waals surface area (Å²) in [6, 6.07) is 7.32. The number of hydrogen-bond donors (Lipinski definition) is 1. The summed E-state index contributed by atoms with van der Waals surface area (Å²) >= 11 is 0. The van der Waals surface area contributed by atoms with Gasteiger partial charge in [-0.1, -0.05) is 0 Å². The van der Waals surface area contributed by atoms with Crippen LogP contribution in [0.3, 0.4) is 0 Å². The Kier molecular flexibility index (Phi) is 4.22.